The van der Waals surface area contributed by atoms with Gasteiger partial charge in [-0.2, -0.15) is 0 Å². The largest absolute Gasteiger partial charge is 0.493 e. The standard InChI is InChI=1S/C23H29N5O2.HI/c1-4-24-23(26-15-19-10-11-20(29-2)21(14-19)30-3)27-16-22-25-12-13-28(22)17-18-8-6-5-7-9-18;/h5-14H,4,15-17H2,1-3H3,(H2,24,26,27);1H. The van der Waals surface area contributed by atoms with Crippen molar-refractivity contribution in [1.29, 1.82) is 0 Å². The molecule has 0 radical (unpaired) electrons. The van der Waals surface area contributed by atoms with Crippen LogP contribution in [0.4, 0.5) is 0 Å². The molecule has 1 heterocycles. The molecule has 0 aliphatic heterocycles. The van der Waals surface area contributed by atoms with Gasteiger partial charge < -0.3 is 24.7 Å². The molecule has 2 aromatic carbocycles. The molecule has 0 aliphatic carbocycles. The molecule has 0 atom stereocenters. The molecular formula is C23H30IN5O2. The third-order valence-corrected chi connectivity index (χ3v) is 4.62. The van der Waals surface area contributed by atoms with Crippen molar-refractivity contribution < 1.29 is 9.47 Å². The van der Waals surface area contributed by atoms with Gasteiger partial charge in [0.25, 0.3) is 0 Å². The first-order valence-electron chi connectivity index (χ1n) is 10.0. The van der Waals surface area contributed by atoms with Crippen molar-refractivity contribution in [2.75, 3.05) is 20.8 Å². The van der Waals surface area contributed by atoms with E-state index in [0.29, 0.717) is 24.6 Å². The summed E-state index contributed by atoms with van der Waals surface area (Å²) in [5, 5.41) is 6.65. The van der Waals surface area contributed by atoms with Gasteiger partial charge in [-0.1, -0.05) is 36.4 Å². The molecule has 2 N–H and O–H groups in total. The van der Waals surface area contributed by atoms with E-state index in [9.17, 15) is 0 Å². The molecular weight excluding hydrogens is 505 g/mol. The van der Waals surface area contributed by atoms with Crippen LogP contribution < -0.4 is 20.1 Å². The van der Waals surface area contributed by atoms with Gasteiger partial charge in [-0.3, -0.25) is 0 Å². The topological polar surface area (TPSA) is 72.7 Å². The molecule has 1 aromatic heterocycles. The van der Waals surface area contributed by atoms with E-state index in [-0.39, 0.29) is 24.0 Å². The summed E-state index contributed by atoms with van der Waals surface area (Å²) in [6, 6.07) is 16.2. The Morgan fingerprint density at radius 2 is 1.77 bits per heavy atom. The summed E-state index contributed by atoms with van der Waals surface area (Å²) in [6.45, 7) is 4.71. The number of ether oxygens (including phenoxy) is 2. The van der Waals surface area contributed by atoms with Crippen LogP contribution in [0.3, 0.4) is 0 Å². The van der Waals surface area contributed by atoms with Crippen LogP contribution in [0.2, 0.25) is 0 Å². The van der Waals surface area contributed by atoms with Crippen molar-refractivity contribution >= 4 is 29.9 Å². The molecule has 0 aliphatic rings. The Hall–Kier alpha value is -2.75. The quantitative estimate of drug-likeness (QED) is 0.248. The second-order valence-corrected chi connectivity index (χ2v) is 6.70. The number of guanidine groups is 1. The van der Waals surface area contributed by atoms with E-state index in [0.717, 1.165) is 30.4 Å². The molecule has 0 unspecified atom stereocenters. The SMILES string of the molecule is CCNC(=NCc1ccc(OC)c(OC)c1)NCc1nccn1Cc1ccccc1.I. The fraction of sp³-hybridized carbons (Fsp3) is 0.304. The molecule has 0 fully saturated rings. The summed E-state index contributed by atoms with van der Waals surface area (Å²) in [5.74, 6) is 3.10. The first-order chi connectivity index (χ1) is 14.7. The average molecular weight is 535 g/mol. The van der Waals surface area contributed by atoms with Gasteiger partial charge in [-0.15, -0.1) is 24.0 Å². The van der Waals surface area contributed by atoms with Crippen LogP contribution in [-0.4, -0.2) is 36.3 Å². The normalized spacial score (nSPS) is 10.9. The highest BCUT2D eigenvalue weighted by atomic mass is 127. The molecule has 7 nitrogen and oxygen atoms in total. The van der Waals surface area contributed by atoms with E-state index < -0.39 is 0 Å². The lowest BCUT2D eigenvalue weighted by molar-refractivity contribution is 0.354. The summed E-state index contributed by atoms with van der Waals surface area (Å²) in [6.07, 6.45) is 3.82. The summed E-state index contributed by atoms with van der Waals surface area (Å²) in [4.78, 5) is 9.18. The number of nitrogens with zero attached hydrogens (tertiary/aromatic N) is 3. The minimum absolute atomic E-state index is 0. The molecule has 0 bridgehead atoms. The Kier molecular flexibility index (Phi) is 10.2. The second kappa shape index (κ2) is 12.8. The van der Waals surface area contributed by atoms with Crippen molar-refractivity contribution in [1.82, 2.24) is 20.2 Å². The zero-order chi connectivity index (χ0) is 21.2. The zero-order valence-electron chi connectivity index (χ0n) is 18.2. The van der Waals surface area contributed by atoms with E-state index in [2.05, 4.69) is 37.3 Å². The number of imidazole rings is 1. The highest BCUT2D eigenvalue weighted by Gasteiger charge is 2.07. The third-order valence-electron chi connectivity index (χ3n) is 4.62. The Morgan fingerprint density at radius 3 is 2.48 bits per heavy atom. The molecule has 0 saturated heterocycles. The first kappa shape index (κ1) is 24.5. The number of rotatable bonds is 9. The van der Waals surface area contributed by atoms with Crippen molar-refractivity contribution in [2.24, 2.45) is 4.99 Å². The first-order valence-corrected chi connectivity index (χ1v) is 10.0. The van der Waals surface area contributed by atoms with Gasteiger partial charge in [0.1, 0.15) is 5.82 Å². The van der Waals surface area contributed by atoms with E-state index in [1.807, 2.05) is 55.7 Å². The minimum atomic E-state index is 0. The van der Waals surface area contributed by atoms with Gasteiger partial charge in [-0.05, 0) is 30.2 Å². The number of halogens is 1. The maximum atomic E-state index is 5.37. The predicted octanol–water partition coefficient (Wildman–Crippen LogP) is 3.82. The van der Waals surface area contributed by atoms with E-state index in [1.54, 1.807) is 14.2 Å². The van der Waals surface area contributed by atoms with Crippen molar-refractivity contribution in [2.45, 2.75) is 26.6 Å². The van der Waals surface area contributed by atoms with Crippen molar-refractivity contribution in [3.8, 4) is 11.5 Å². The number of hydrogen-bond acceptors (Lipinski definition) is 4. The van der Waals surface area contributed by atoms with Crippen LogP contribution in [0.15, 0.2) is 65.9 Å². The van der Waals surface area contributed by atoms with Crippen molar-refractivity contribution in [3.05, 3.63) is 77.9 Å². The Balaban J connectivity index is 0.00000341. The average Bonchev–Trinajstić information content (AvgIpc) is 3.23. The van der Waals surface area contributed by atoms with Crippen LogP contribution in [0.5, 0.6) is 11.5 Å². The highest BCUT2D eigenvalue weighted by molar-refractivity contribution is 14.0. The number of benzene rings is 2. The van der Waals surface area contributed by atoms with Crippen molar-refractivity contribution in [3.63, 3.8) is 0 Å². The minimum Gasteiger partial charge on any atom is -0.493 e. The number of aliphatic imine (C=N–C) groups is 1. The number of nitrogens with one attached hydrogen (secondary N) is 2. The molecule has 31 heavy (non-hydrogen) atoms. The van der Waals surface area contributed by atoms with E-state index in [1.165, 1.54) is 5.56 Å². The van der Waals surface area contributed by atoms with Gasteiger partial charge in [0.2, 0.25) is 0 Å². The molecule has 3 aromatic rings. The lowest BCUT2D eigenvalue weighted by atomic mass is 10.2. The predicted molar refractivity (Wildman–Crippen MR) is 134 cm³/mol. The van der Waals surface area contributed by atoms with E-state index >= 15 is 0 Å². The van der Waals surface area contributed by atoms with Crippen LogP contribution in [0.1, 0.15) is 23.9 Å². The molecule has 166 valence electrons. The third kappa shape index (κ3) is 7.16. The molecule has 0 amide bonds. The maximum Gasteiger partial charge on any atom is 0.191 e. The Bertz CT molecular complexity index is 960. The van der Waals surface area contributed by atoms with Crippen LogP contribution in [-0.2, 0) is 19.6 Å². The van der Waals surface area contributed by atoms with Gasteiger partial charge in [0, 0.05) is 25.5 Å². The fourth-order valence-corrected chi connectivity index (χ4v) is 3.09. The number of aromatic nitrogens is 2. The lowest BCUT2D eigenvalue weighted by Gasteiger charge is -2.13. The zero-order valence-corrected chi connectivity index (χ0v) is 20.5. The van der Waals surface area contributed by atoms with Gasteiger partial charge in [0.15, 0.2) is 17.5 Å². The molecule has 0 saturated carbocycles. The summed E-state index contributed by atoms with van der Waals surface area (Å²) in [5.41, 5.74) is 2.28. The molecule has 3 rings (SSSR count). The molecule has 8 heteroatoms. The van der Waals surface area contributed by atoms with Gasteiger partial charge >= 0.3 is 0 Å². The van der Waals surface area contributed by atoms with Crippen LogP contribution in [0, 0.1) is 0 Å². The van der Waals surface area contributed by atoms with Gasteiger partial charge in [-0.25, -0.2) is 9.98 Å². The number of methoxy groups -OCH3 is 2. The maximum absolute atomic E-state index is 5.37. The summed E-state index contributed by atoms with van der Waals surface area (Å²) < 4.78 is 12.8. The monoisotopic (exact) mass is 535 g/mol. The summed E-state index contributed by atoms with van der Waals surface area (Å²) >= 11 is 0. The fourth-order valence-electron chi connectivity index (χ4n) is 3.09. The number of hydrogen-bond donors (Lipinski definition) is 2. The van der Waals surface area contributed by atoms with Crippen LogP contribution in [0.25, 0.3) is 0 Å². The Labute approximate surface area is 200 Å². The lowest BCUT2D eigenvalue weighted by Crippen LogP contribution is -2.37. The molecule has 0 spiro atoms. The van der Waals surface area contributed by atoms with Gasteiger partial charge in [0.05, 0.1) is 27.3 Å². The van der Waals surface area contributed by atoms with E-state index in [4.69, 9.17) is 9.47 Å². The Morgan fingerprint density at radius 1 is 1.00 bits per heavy atom. The second-order valence-electron chi connectivity index (χ2n) is 6.70. The smallest absolute Gasteiger partial charge is 0.191 e. The van der Waals surface area contributed by atoms with Crippen LogP contribution >= 0.6 is 24.0 Å². The summed E-state index contributed by atoms with van der Waals surface area (Å²) in [7, 11) is 3.26. The highest BCUT2D eigenvalue weighted by Crippen LogP contribution is 2.27.